The fraction of sp³-hybridized carbons (Fsp3) is 0.529. The molecule has 19 heavy (non-hydrogen) atoms. The van der Waals surface area contributed by atoms with Crippen molar-refractivity contribution in [3.05, 3.63) is 42.5 Å². The van der Waals surface area contributed by atoms with E-state index in [1.807, 2.05) is 30.3 Å². The summed E-state index contributed by atoms with van der Waals surface area (Å²) in [6, 6.07) is 10.0. The molecule has 0 aliphatic heterocycles. The van der Waals surface area contributed by atoms with Crippen molar-refractivity contribution in [3.63, 3.8) is 0 Å². The number of unbranched alkanes of at least 4 members (excludes halogenated alkanes) is 1. The molecule has 1 atom stereocenters. The van der Waals surface area contributed by atoms with E-state index in [1.165, 1.54) is 0 Å². The smallest absolute Gasteiger partial charge is 0.0930 e. The minimum atomic E-state index is -0.843. The normalized spacial score (nSPS) is 13.6. The average Bonchev–Trinajstić information content (AvgIpc) is 2.38. The molecule has 0 spiro atoms. The van der Waals surface area contributed by atoms with E-state index >= 15 is 0 Å². The predicted octanol–water partition coefficient (Wildman–Crippen LogP) is 3.78. The molecule has 0 fully saturated rings. The Morgan fingerprint density at radius 2 is 1.79 bits per heavy atom. The largest absolute Gasteiger partial charge is 0.309 e. The van der Waals surface area contributed by atoms with Gasteiger partial charge in [0, 0.05) is 0 Å². The topological polar surface area (TPSA) is 52.0 Å². The van der Waals surface area contributed by atoms with Crippen molar-refractivity contribution in [3.8, 4) is 0 Å². The first-order chi connectivity index (χ1) is 8.91. The van der Waals surface area contributed by atoms with Crippen LogP contribution in [0.3, 0.4) is 0 Å². The summed E-state index contributed by atoms with van der Waals surface area (Å²) >= 11 is 0. The summed E-state index contributed by atoms with van der Waals surface area (Å²) in [6.45, 7) is 10.7. The van der Waals surface area contributed by atoms with Crippen LogP contribution < -0.4 is 11.5 Å². The van der Waals surface area contributed by atoms with Gasteiger partial charge in [-0.25, -0.2) is 0 Å². The van der Waals surface area contributed by atoms with Gasteiger partial charge in [-0.1, -0.05) is 70.5 Å². The summed E-state index contributed by atoms with van der Waals surface area (Å²) in [5, 5.41) is 0. The Bertz CT molecular complexity index is 393. The summed E-state index contributed by atoms with van der Waals surface area (Å²) in [6.07, 6.45) is 3.37. The highest BCUT2D eigenvalue weighted by atomic mass is 15.0. The molecule has 1 aromatic carbocycles. The van der Waals surface area contributed by atoms with E-state index in [0.29, 0.717) is 5.92 Å². The first-order valence-corrected chi connectivity index (χ1v) is 7.23. The Kier molecular flexibility index (Phi) is 5.77. The minimum Gasteiger partial charge on any atom is -0.309 e. The van der Waals surface area contributed by atoms with Crippen molar-refractivity contribution in [2.75, 3.05) is 0 Å². The fourth-order valence-corrected chi connectivity index (χ4v) is 2.66. The fourth-order valence-electron chi connectivity index (χ4n) is 2.66. The maximum atomic E-state index is 6.46. The number of benzene rings is 1. The Morgan fingerprint density at radius 1 is 1.21 bits per heavy atom. The lowest BCUT2D eigenvalue weighted by molar-refractivity contribution is 0.246. The van der Waals surface area contributed by atoms with Crippen LogP contribution in [0.25, 0.3) is 5.57 Å². The summed E-state index contributed by atoms with van der Waals surface area (Å²) < 4.78 is 0. The van der Waals surface area contributed by atoms with Crippen LogP contribution in [0.4, 0.5) is 0 Å². The lowest BCUT2D eigenvalue weighted by Crippen LogP contribution is -2.57. The van der Waals surface area contributed by atoms with Gasteiger partial charge in [0.15, 0.2) is 0 Å². The van der Waals surface area contributed by atoms with Crippen LogP contribution in [0.15, 0.2) is 36.9 Å². The molecule has 0 bridgehead atoms. The second-order valence-electron chi connectivity index (χ2n) is 5.77. The second-order valence-corrected chi connectivity index (χ2v) is 5.77. The van der Waals surface area contributed by atoms with Gasteiger partial charge in [0.1, 0.15) is 0 Å². The van der Waals surface area contributed by atoms with Crippen LogP contribution in [-0.2, 0) is 0 Å². The van der Waals surface area contributed by atoms with E-state index in [4.69, 9.17) is 11.5 Å². The maximum absolute atomic E-state index is 6.46. The molecule has 2 heteroatoms. The van der Waals surface area contributed by atoms with Gasteiger partial charge >= 0.3 is 0 Å². The van der Waals surface area contributed by atoms with Gasteiger partial charge in [0.25, 0.3) is 0 Å². The summed E-state index contributed by atoms with van der Waals surface area (Å²) in [5.41, 5.74) is 13.9. The summed E-state index contributed by atoms with van der Waals surface area (Å²) in [5.74, 6) is 0.696. The molecule has 1 rings (SSSR count). The lowest BCUT2D eigenvalue weighted by atomic mass is 9.75. The quantitative estimate of drug-likeness (QED) is 0.733. The predicted molar refractivity (Wildman–Crippen MR) is 84.4 cm³/mol. The zero-order valence-electron chi connectivity index (χ0n) is 12.5. The van der Waals surface area contributed by atoms with Crippen molar-refractivity contribution in [1.82, 2.24) is 0 Å². The van der Waals surface area contributed by atoms with Gasteiger partial charge < -0.3 is 11.5 Å². The van der Waals surface area contributed by atoms with E-state index < -0.39 is 5.66 Å². The number of nitrogens with two attached hydrogens (primary N) is 2. The van der Waals surface area contributed by atoms with Crippen LogP contribution in [0, 0.1) is 11.8 Å². The number of hydrogen-bond acceptors (Lipinski definition) is 2. The van der Waals surface area contributed by atoms with E-state index in [9.17, 15) is 0 Å². The Balaban J connectivity index is 2.95. The Morgan fingerprint density at radius 3 is 2.26 bits per heavy atom. The molecule has 1 aromatic rings. The maximum Gasteiger partial charge on any atom is 0.0930 e. The number of rotatable bonds is 7. The monoisotopic (exact) mass is 260 g/mol. The molecule has 2 nitrogen and oxygen atoms in total. The van der Waals surface area contributed by atoms with Gasteiger partial charge in [-0.15, -0.1) is 0 Å². The van der Waals surface area contributed by atoms with Crippen molar-refractivity contribution < 1.29 is 0 Å². The van der Waals surface area contributed by atoms with Crippen LogP contribution >= 0.6 is 0 Å². The molecule has 0 saturated heterocycles. The molecular formula is C17H28N2. The molecule has 0 aromatic heterocycles. The molecule has 106 valence electrons. The molecule has 4 N–H and O–H groups in total. The molecule has 0 aliphatic carbocycles. The molecule has 0 amide bonds. The first-order valence-electron chi connectivity index (χ1n) is 7.23. The third-order valence-corrected chi connectivity index (χ3v) is 3.93. The first kappa shape index (κ1) is 15.9. The highest BCUT2D eigenvalue weighted by molar-refractivity contribution is 5.70. The van der Waals surface area contributed by atoms with Crippen molar-refractivity contribution in [2.24, 2.45) is 23.3 Å². The summed E-state index contributed by atoms with van der Waals surface area (Å²) in [4.78, 5) is 0. The average molecular weight is 260 g/mol. The van der Waals surface area contributed by atoms with Crippen LogP contribution in [-0.4, -0.2) is 5.66 Å². The third kappa shape index (κ3) is 3.92. The standard InChI is InChI=1S/C17H28N2/c1-5-6-12-16(13(2)3)17(18,19)14(4)15-10-8-7-9-11-15/h7-11,13,16H,4-6,12,18-19H2,1-3H3. The van der Waals surface area contributed by atoms with Crippen LogP contribution in [0.2, 0.25) is 0 Å². The van der Waals surface area contributed by atoms with Gasteiger partial charge in [0.2, 0.25) is 0 Å². The van der Waals surface area contributed by atoms with Gasteiger partial charge in [-0.05, 0) is 29.4 Å². The molecular weight excluding hydrogens is 232 g/mol. The van der Waals surface area contributed by atoms with E-state index in [-0.39, 0.29) is 5.92 Å². The highest BCUT2D eigenvalue weighted by Crippen LogP contribution is 2.33. The lowest BCUT2D eigenvalue weighted by Gasteiger charge is -2.38. The SMILES string of the molecule is C=C(c1ccccc1)C(N)(N)C(CCCC)C(C)C. The molecule has 0 radical (unpaired) electrons. The van der Waals surface area contributed by atoms with Gasteiger partial charge in [-0.3, -0.25) is 0 Å². The zero-order chi connectivity index (χ0) is 14.5. The Hall–Kier alpha value is -1.12. The molecule has 0 aliphatic rings. The summed E-state index contributed by atoms with van der Waals surface area (Å²) in [7, 11) is 0. The van der Waals surface area contributed by atoms with E-state index in [2.05, 4.69) is 27.4 Å². The Labute approximate surface area is 117 Å². The van der Waals surface area contributed by atoms with Gasteiger partial charge in [-0.2, -0.15) is 0 Å². The van der Waals surface area contributed by atoms with Crippen molar-refractivity contribution >= 4 is 5.57 Å². The second kappa shape index (κ2) is 6.88. The van der Waals surface area contributed by atoms with Crippen molar-refractivity contribution in [2.45, 2.75) is 45.7 Å². The van der Waals surface area contributed by atoms with E-state index in [1.54, 1.807) is 0 Å². The molecule has 0 saturated carbocycles. The molecule has 0 heterocycles. The zero-order valence-corrected chi connectivity index (χ0v) is 12.5. The van der Waals surface area contributed by atoms with Crippen molar-refractivity contribution in [1.29, 1.82) is 0 Å². The van der Waals surface area contributed by atoms with Gasteiger partial charge in [0.05, 0.1) is 5.66 Å². The highest BCUT2D eigenvalue weighted by Gasteiger charge is 2.35. The number of hydrogen-bond donors (Lipinski definition) is 2. The molecule has 1 unspecified atom stereocenters. The van der Waals surface area contributed by atoms with Crippen LogP contribution in [0.5, 0.6) is 0 Å². The van der Waals surface area contributed by atoms with E-state index in [0.717, 1.165) is 30.4 Å². The minimum absolute atomic E-state index is 0.250. The third-order valence-electron chi connectivity index (χ3n) is 3.93. The van der Waals surface area contributed by atoms with Crippen LogP contribution in [0.1, 0.15) is 45.6 Å².